The van der Waals surface area contributed by atoms with Gasteiger partial charge in [0.25, 0.3) is 0 Å². The Morgan fingerprint density at radius 1 is 1.19 bits per heavy atom. The predicted octanol–water partition coefficient (Wildman–Crippen LogP) is 3.19. The van der Waals surface area contributed by atoms with Crippen LogP contribution in [0.15, 0.2) is 0 Å². The zero-order chi connectivity index (χ0) is 11.4. The van der Waals surface area contributed by atoms with Crippen molar-refractivity contribution in [1.29, 1.82) is 5.26 Å². The van der Waals surface area contributed by atoms with Crippen LogP contribution in [0.4, 0.5) is 0 Å². The van der Waals surface area contributed by atoms with Crippen LogP contribution in [-0.2, 0) is 0 Å². The number of nitrogens with zero attached hydrogens (tertiary/aromatic N) is 2. The average Bonchev–Trinajstić information content (AvgIpc) is 2.66. The SMILES string of the molecule is CCC1CCN(C2CCCCCC2C#N)C1. The van der Waals surface area contributed by atoms with Crippen LogP contribution in [0.2, 0.25) is 0 Å². The van der Waals surface area contributed by atoms with Crippen molar-refractivity contribution in [3.63, 3.8) is 0 Å². The van der Waals surface area contributed by atoms with Crippen molar-refractivity contribution >= 4 is 0 Å². The Hall–Kier alpha value is -0.550. The minimum absolute atomic E-state index is 0.304. The van der Waals surface area contributed by atoms with Crippen LogP contribution in [0, 0.1) is 23.2 Å². The fourth-order valence-electron chi connectivity index (χ4n) is 3.37. The van der Waals surface area contributed by atoms with E-state index in [1.54, 1.807) is 0 Å². The van der Waals surface area contributed by atoms with Crippen molar-refractivity contribution in [2.75, 3.05) is 13.1 Å². The summed E-state index contributed by atoms with van der Waals surface area (Å²) in [7, 11) is 0. The van der Waals surface area contributed by atoms with Gasteiger partial charge < -0.3 is 0 Å². The molecule has 3 unspecified atom stereocenters. The Bertz CT molecular complexity index is 256. The second kappa shape index (κ2) is 5.68. The highest BCUT2D eigenvalue weighted by atomic mass is 15.2. The fourth-order valence-corrected chi connectivity index (χ4v) is 3.37. The lowest BCUT2D eigenvalue weighted by molar-refractivity contribution is 0.183. The van der Waals surface area contributed by atoms with Gasteiger partial charge in [-0.05, 0) is 31.7 Å². The van der Waals surface area contributed by atoms with Crippen molar-refractivity contribution in [1.82, 2.24) is 4.90 Å². The summed E-state index contributed by atoms with van der Waals surface area (Å²) in [5.74, 6) is 1.20. The fraction of sp³-hybridized carbons (Fsp3) is 0.929. The lowest BCUT2D eigenvalue weighted by atomic mass is 9.95. The maximum absolute atomic E-state index is 9.29. The molecule has 2 aliphatic rings. The zero-order valence-corrected chi connectivity index (χ0v) is 10.5. The van der Waals surface area contributed by atoms with E-state index in [4.69, 9.17) is 0 Å². The molecule has 2 rings (SSSR count). The summed E-state index contributed by atoms with van der Waals surface area (Å²) in [5.41, 5.74) is 0. The first kappa shape index (κ1) is 11.9. The molecular weight excluding hydrogens is 196 g/mol. The quantitative estimate of drug-likeness (QED) is 0.668. The van der Waals surface area contributed by atoms with Gasteiger partial charge in [-0.15, -0.1) is 0 Å². The van der Waals surface area contributed by atoms with E-state index in [1.807, 2.05) is 0 Å². The van der Waals surface area contributed by atoms with Gasteiger partial charge in [-0.3, -0.25) is 4.90 Å². The molecule has 1 aliphatic carbocycles. The Morgan fingerprint density at radius 2 is 2.00 bits per heavy atom. The van der Waals surface area contributed by atoms with Crippen molar-refractivity contribution in [3.8, 4) is 6.07 Å². The highest BCUT2D eigenvalue weighted by Crippen LogP contribution is 2.31. The highest BCUT2D eigenvalue weighted by molar-refractivity contribution is 4.96. The van der Waals surface area contributed by atoms with Crippen molar-refractivity contribution < 1.29 is 0 Å². The van der Waals surface area contributed by atoms with Crippen LogP contribution in [0.5, 0.6) is 0 Å². The van der Waals surface area contributed by atoms with Crippen molar-refractivity contribution in [2.45, 2.75) is 57.9 Å². The first-order valence-corrected chi connectivity index (χ1v) is 6.98. The third-order valence-corrected chi connectivity index (χ3v) is 4.51. The Kier molecular flexibility index (Phi) is 4.23. The first-order chi connectivity index (χ1) is 7.85. The average molecular weight is 220 g/mol. The van der Waals surface area contributed by atoms with Crippen LogP contribution < -0.4 is 0 Å². The molecule has 1 heterocycles. The third kappa shape index (κ3) is 2.58. The van der Waals surface area contributed by atoms with E-state index in [9.17, 15) is 5.26 Å². The zero-order valence-electron chi connectivity index (χ0n) is 10.5. The van der Waals surface area contributed by atoms with E-state index >= 15 is 0 Å². The first-order valence-electron chi connectivity index (χ1n) is 6.98. The standard InChI is InChI=1S/C14H24N2/c1-2-12-8-9-16(11-12)14-7-5-3-4-6-13(14)10-15/h12-14H,2-9,11H2,1H3. The minimum Gasteiger partial charge on any atom is -0.299 e. The van der Waals surface area contributed by atoms with Gasteiger partial charge in [0.1, 0.15) is 0 Å². The molecule has 0 aromatic heterocycles. The minimum atomic E-state index is 0.304. The Balaban J connectivity index is 1.98. The maximum atomic E-state index is 9.29. The molecule has 0 aromatic rings. The van der Waals surface area contributed by atoms with Crippen LogP contribution in [-0.4, -0.2) is 24.0 Å². The van der Waals surface area contributed by atoms with E-state index in [-0.39, 0.29) is 0 Å². The van der Waals surface area contributed by atoms with Gasteiger partial charge in [0, 0.05) is 12.6 Å². The summed E-state index contributed by atoms with van der Waals surface area (Å²) in [6.07, 6.45) is 8.98. The Labute approximate surface area is 99.6 Å². The largest absolute Gasteiger partial charge is 0.299 e. The topological polar surface area (TPSA) is 27.0 Å². The lowest BCUT2D eigenvalue weighted by Crippen LogP contribution is -2.38. The second-order valence-electron chi connectivity index (χ2n) is 5.50. The molecule has 0 radical (unpaired) electrons. The van der Waals surface area contributed by atoms with Crippen molar-refractivity contribution in [2.24, 2.45) is 11.8 Å². The smallest absolute Gasteiger partial charge is 0.0672 e. The number of hydrogen-bond donors (Lipinski definition) is 0. The van der Waals surface area contributed by atoms with Crippen molar-refractivity contribution in [3.05, 3.63) is 0 Å². The molecule has 0 bridgehead atoms. The van der Waals surface area contributed by atoms with E-state index < -0.39 is 0 Å². The summed E-state index contributed by atoms with van der Waals surface area (Å²) in [6.45, 7) is 4.78. The molecule has 0 aromatic carbocycles. The van der Waals surface area contributed by atoms with E-state index in [0.717, 1.165) is 12.3 Å². The molecule has 1 saturated heterocycles. The molecule has 0 spiro atoms. The molecule has 0 N–H and O–H groups in total. The lowest BCUT2D eigenvalue weighted by Gasteiger charge is -2.30. The summed E-state index contributed by atoms with van der Waals surface area (Å²) < 4.78 is 0. The summed E-state index contributed by atoms with van der Waals surface area (Å²) in [4.78, 5) is 2.62. The number of likely N-dealkylation sites (tertiary alicyclic amines) is 1. The second-order valence-corrected chi connectivity index (χ2v) is 5.50. The third-order valence-electron chi connectivity index (χ3n) is 4.51. The Morgan fingerprint density at radius 3 is 2.69 bits per heavy atom. The van der Waals surface area contributed by atoms with Gasteiger partial charge in [-0.1, -0.05) is 32.6 Å². The monoisotopic (exact) mass is 220 g/mol. The molecule has 16 heavy (non-hydrogen) atoms. The molecule has 3 atom stereocenters. The predicted molar refractivity (Wildman–Crippen MR) is 65.9 cm³/mol. The molecular formula is C14H24N2. The summed E-state index contributed by atoms with van der Waals surface area (Å²) in [6, 6.07) is 3.14. The number of nitriles is 1. The molecule has 90 valence electrons. The van der Waals surface area contributed by atoms with Gasteiger partial charge in [-0.2, -0.15) is 5.26 Å². The summed E-state index contributed by atoms with van der Waals surface area (Å²) >= 11 is 0. The van der Waals surface area contributed by atoms with Crippen LogP contribution in [0.1, 0.15) is 51.9 Å². The van der Waals surface area contributed by atoms with Gasteiger partial charge in [0.15, 0.2) is 0 Å². The molecule has 1 saturated carbocycles. The highest BCUT2D eigenvalue weighted by Gasteiger charge is 2.33. The van der Waals surface area contributed by atoms with Crippen LogP contribution >= 0.6 is 0 Å². The van der Waals surface area contributed by atoms with E-state index in [0.29, 0.717) is 12.0 Å². The molecule has 0 amide bonds. The maximum Gasteiger partial charge on any atom is 0.0672 e. The summed E-state index contributed by atoms with van der Waals surface area (Å²) in [5, 5.41) is 9.29. The van der Waals surface area contributed by atoms with Gasteiger partial charge >= 0.3 is 0 Å². The van der Waals surface area contributed by atoms with E-state index in [2.05, 4.69) is 17.9 Å². The number of rotatable bonds is 2. The molecule has 2 heteroatoms. The van der Waals surface area contributed by atoms with Gasteiger partial charge in [0.2, 0.25) is 0 Å². The normalized spacial score (nSPS) is 36.9. The van der Waals surface area contributed by atoms with Gasteiger partial charge in [-0.25, -0.2) is 0 Å². The van der Waals surface area contributed by atoms with Crippen LogP contribution in [0.25, 0.3) is 0 Å². The molecule has 2 nitrogen and oxygen atoms in total. The number of hydrogen-bond acceptors (Lipinski definition) is 2. The van der Waals surface area contributed by atoms with E-state index in [1.165, 1.54) is 51.6 Å². The van der Waals surface area contributed by atoms with Crippen LogP contribution in [0.3, 0.4) is 0 Å². The molecule has 2 fully saturated rings. The molecule has 1 aliphatic heterocycles. The van der Waals surface area contributed by atoms with Gasteiger partial charge in [0.05, 0.1) is 12.0 Å².